The molecule has 2 aromatic carbocycles. The summed E-state index contributed by atoms with van der Waals surface area (Å²) in [4.78, 5) is 14.7. The minimum absolute atomic E-state index is 0.0144. The molecule has 0 saturated carbocycles. The van der Waals surface area contributed by atoms with Crippen LogP contribution in [0.4, 0.5) is 0 Å². The van der Waals surface area contributed by atoms with Gasteiger partial charge >= 0.3 is 0 Å². The van der Waals surface area contributed by atoms with E-state index in [4.69, 9.17) is 4.74 Å². The Morgan fingerprint density at radius 1 is 1.15 bits per heavy atom. The van der Waals surface area contributed by atoms with Crippen LogP contribution in [0.15, 0.2) is 72.8 Å². The third kappa shape index (κ3) is 2.96. The van der Waals surface area contributed by atoms with Crippen LogP contribution in [-0.2, 0) is 9.53 Å². The maximum atomic E-state index is 12.8. The van der Waals surface area contributed by atoms with E-state index in [9.17, 15) is 4.79 Å². The number of carbonyl (C=O) groups excluding carboxylic acids is 1. The van der Waals surface area contributed by atoms with Gasteiger partial charge in [-0.25, -0.2) is 0 Å². The SMILES string of the molecule is C=C1C(=O)N2[C@@H](c3ccccc3)CO[C@@H]2[C@H]1CN[C@@H](C)c1ccccc1. The lowest BCUT2D eigenvalue weighted by atomic mass is 10.0. The molecule has 0 spiro atoms. The van der Waals surface area contributed by atoms with Gasteiger partial charge in [0.05, 0.1) is 12.6 Å². The minimum Gasteiger partial charge on any atom is -0.355 e. The Kier molecular flexibility index (Phi) is 4.62. The van der Waals surface area contributed by atoms with Crippen LogP contribution in [-0.4, -0.2) is 30.2 Å². The van der Waals surface area contributed by atoms with Crippen LogP contribution in [0.5, 0.6) is 0 Å². The molecule has 0 bridgehead atoms. The molecule has 0 unspecified atom stereocenters. The second kappa shape index (κ2) is 7.06. The molecule has 1 N–H and O–H groups in total. The molecule has 2 heterocycles. The normalized spacial score (nSPS) is 26.2. The van der Waals surface area contributed by atoms with Gasteiger partial charge in [0.1, 0.15) is 6.23 Å². The van der Waals surface area contributed by atoms with Crippen molar-refractivity contribution in [1.29, 1.82) is 0 Å². The van der Waals surface area contributed by atoms with Crippen LogP contribution in [0.3, 0.4) is 0 Å². The number of nitrogens with zero attached hydrogens (tertiary/aromatic N) is 1. The highest BCUT2D eigenvalue weighted by Gasteiger charge is 2.51. The molecule has 2 saturated heterocycles. The number of carbonyl (C=O) groups is 1. The van der Waals surface area contributed by atoms with Crippen molar-refractivity contribution in [2.24, 2.45) is 5.92 Å². The van der Waals surface area contributed by atoms with Gasteiger partial charge in [-0.3, -0.25) is 4.79 Å². The van der Waals surface area contributed by atoms with Crippen LogP contribution >= 0.6 is 0 Å². The van der Waals surface area contributed by atoms with E-state index in [-0.39, 0.29) is 30.1 Å². The molecule has 4 rings (SSSR count). The molecule has 4 nitrogen and oxygen atoms in total. The first-order chi connectivity index (χ1) is 12.7. The van der Waals surface area contributed by atoms with Gasteiger partial charge in [-0.15, -0.1) is 0 Å². The third-order valence-corrected chi connectivity index (χ3v) is 5.46. The van der Waals surface area contributed by atoms with Crippen molar-refractivity contribution in [1.82, 2.24) is 10.2 Å². The number of nitrogens with one attached hydrogen (secondary N) is 1. The monoisotopic (exact) mass is 348 g/mol. The van der Waals surface area contributed by atoms with Gasteiger partial charge in [0.25, 0.3) is 5.91 Å². The minimum atomic E-state index is -0.226. The number of ether oxygens (including phenoxy) is 1. The number of benzene rings is 2. The molecule has 26 heavy (non-hydrogen) atoms. The van der Waals surface area contributed by atoms with Crippen molar-refractivity contribution in [2.75, 3.05) is 13.2 Å². The van der Waals surface area contributed by atoms with Crippen molar-refractivity contribution >= 4 is 5.91 Å². The van der Waals surface area contributed by atoms with Crippen molar-refractivity contribution in [3.63, 3.8) is 0 Å². The van der Waals surface area contributed by atoms with E-state index >= 15 is 0 Å². The molecule has 2 aliphatic heterocycles. The smallest absolute Gasteiger partial charge is 0.252 e. The van der Waals surface area contributed by atoms with E-state index in [1.54, 1.807) is 0 Å². The van der Waals surface area contributed by atoms with Gasteiger partial charge in [0.2, 0.25) is 0 Å². The lowest BCUT2D eigenvalue weighted by Crippen LogP contribution is -2.35. The average Bonchev–Trinajstić information content (AvgIpc) is 3.22. The van der Waals surface area contributed by atoms with Gasteiger partial charge in [-0.05, 0) is 18.1 Å². The summed E-state index contributed by atoms with van der Waals surface area (Å²) in [6, 6.07) is 20.6. The fraction of sp³-hybridized carbons (Fsp3) is 0.318. The van der Waals surface area contributed by atoms with Crippen molar-refractivity contribution in [2.45, 2.75) is 25.2 Å². The Balaban J connectivity index is 1.47. The van der Waals surface area contributed by atoms with E-state index in [2.05, 4.69) is 43.1 Å². The first-order valence-corrected chi connectivity index (χ1v) is 9.13. The first-order valence-electron chi connectivity index (χ1n) is 9.13. The molecular formula is C22H24N2O2. The van der Waals surface area contributed by atoms with Crippen molar-refractivity contribution < 1.29 is 9.53 Å². The zero-order valence-electron chi connectivity index (χ0n) is 15.0. The summed E-state index contributed by atoms with van der Waals surface area (Å²) in [6.45, 7) is 7.41. The zero-order chi connectivity index (χ0) is 18.1. The molecule has 2 aliphatic rings. The van der Waals surface area contributed by atoms with Crippen LogP contribution < -0.4 is 5.32 Å². The molecule has 0 radical (unpaired) electrons. The molecule has 2 aromatic rings. The summed E-state index contributed by atoms with van der Waals surface area (Å²) in [7, 11) is 0. The predicted octanol–water partition coefficient (Wildman–Crippen LogP) is 3.45. The van der Waals surface area contributed by atoms with Crippen molar-refractivity contribution in [3.05, 3.63) is 83.9 Å². The Labute approximate surface area is 154 Å². The topological polar surface area (TPSA) is 41.6 Å². The molecule has 1 amide bonds. The van der Waals surface area contributed by atoms with Crippen LogP contribution in [0.2, 0.25) is 0 Å². The molecular weight excluding hydrogens is 324 g/mol. The van der Waals surface area contributed by atoms with E-state index < -0.39 is 0 Å². The summed E-state index contributed by atoms with van der Waals surface area (Å²) in [5.41, 5.74) is 2.99. The summed E-state index contributed by atoms with van der Waals surface area (Å²) >= 11 is 0. The number of hydrogen-bond acceptors (Lipinski definition) is 3. The molecule has 4 heteroatoms. The Morgan fingerprint density at radius 2 is 1.81 bits per heavy atom. The van der Waals surface area contributed by atoms with Gasteiger partial charge in [0.15, 0.2) is 0 Å². The van der Waals surface area contributed by atoms with E-state index in [0.717, 1.165) is 5.56 Å². The fourth-order valence-electron chi connectivity index (χ4n) is 3.91. The maximum Gasteiger partial charge on any atom is 0.252 e. The molecule has 134 valence electrons. The molecule has 0 aromatic heterocycles. The van der Waals surface area contributed by atoms with E-state index in [1.807, 2.05) is 41.3 Å². The van der Waals surface area contributed by atoms with Crippen molar-refractivity contribution in [3.8, 4) is 0 Å². The van der Waals surface area contributed by atoms with Crippen LogP contribution in [0.25, 0.3) is 0 Å². The maximum absolute atomic E-state index is 12.8. The van der Waals surface area contributed by atoms with E-state index in [0.29, 0.717) is 18.7 Å². The Bertz CT molecular complexity index is 790. The second-order valence-electron chi connectivity index (χ2n) is 7.04. The van der Waals surface area contributed by atoms with Gasteiger partial charge in [-0.2, -0.15) is 0 Å². The van der Waals surface area contributed by atoms with Gasteiger partial charge in [-0.1, -0.05) is 67.2 Å². The average molecular weight is 348 g/mol. The summed E-state index contributed by atoms with van der Waals surface area (Å²) in [5.74, 6) is -0.0112. The quantitative estimate of drug-likeness (QED) is 0.842. The lowest BCUT2D eigenvalue weighted by Gasteiger charge is -2.24. The van der Waals surface area contributed by atoms with Gasteiger partial charge in [0, 0.05) is 24.1 Å². The molecule has 4 atom stereocenters. The highest BCUT2D eigenvalue weighted by Crippen LogP contribution is 2.42. The van der Waals surface area contributed by atoms with Gasteiger partial charge < -0.3 is 15.0 Å². The standard InChI is InChI=1S/C22H24N2O2/c1-15-19(13-23-16(2)17-9-5-3-6-10-17)22-24(21(15)25)20(14-26-22)18-11-7-4-8-12-18/h3-12,16,19-20,22-23H,1,13-14H2,2H3/t16-,19-,20+,22+/m0/s1. The highest BCUT2D eigenvalue weighted by molar-refractivity contribution is 5.96. The summed E-state index contributed by atoms with van der Waals surface area (Å²) in [6.07, 6.45) is -0.226. The summed E-state index contributed by atoms with van der Waals surface area (Å²) < 4.78 is 6.04. The predicted molar refractivity (Wildman–Crippen MR) is 101 cm³/mol. The molecule has 2 fully saturated rings. The first kappa shape index (κ1) is 17.0. The fourth-order valence-corrected chi connectivity index (χ4v) is 3.91. The second-order valence-corrected chi connectivity index (χ2v) is 7.04. The Hall–Kier alpha value is -2.43. The molecule has 0 aliphatic carbocycles. The van der Waals surface area contributed by atoms with Crippen LogP contribution in [0, 0.1) is 5.92 Å². The third-order valence-electron chi connectivity index (χ3n) is 5.46. The van der Waals surface area contributed by atoms with E-state index in [1.165, 1.54) is 5.56 Å². The summed E-state index contributed by atoms with van der Waals surface area (Å²) in [5, 5.41) is 3.54. The zero-order valence-corrected chi connectivity index (χ0v) is 15.0. The Morgan fingerprint density at radius 3 is 2.50 bits per heavy atom. The largest absolute Gasteiger partial charge is 0.355 e. The number of hydrogen-bond donors (Lipinski definition) is 1. The highest BCUT2D eigenvalue weighted by atomic mass is 16.5. The number of fused-ring (bicyclic) bond motifs is 1. The number of rotatable bonds is 5. The lowest BCUT2D eigenvalue weighted by molar-refractivity contribution is -0.129. The van der Waals surface area contributed by atoms with Crippen LogP contribution in [0.1, 0.15) is 30.1 Å². The number of amides is 1.